The second-order valence-corrected chi connectivity index (χ2v) is 5.04. The molecule has 1 unspecified atom stereocenters. The fraction of sp³-hybridized carbons (Fsp3) is 0.545. The summed E-state index contributed by atoms with van der Waals surface area (Å²) >= 11 is 3.37. The maximum Gasteiger partial charge on any atom is 0.234 e. The van der Waals surface area contributed by atoms with E-state index in [1.165, 1.54) is 0 Å². The van der Waals surface area contributed by atoms with E-state index in [1.54, 1.807) is 0 Å². The van der Waals surface area contributed by atoms with Crippen LogP contribution in [0.5, 0.6) is 0 Å². The minimum atomic E-state index is -0.110. The quantitative estimate of drug-likeness (QED) is 0.837. The van der Waals surface area contributed by atoms with Gasteiger partial charge in [0, 0.05) is 26.0 Å². The van der Waals surface area contributed by atoms with Crippen molar-refractivity contribution in [3.63, 3.8) is 0 Å². The predicted octanol–water partition coefficient (Wildman–Crippen LogP) is 2.06. The Balaban J connectivity index is 2.40. The van der Waals surface area contributed by atoms with Crippen molar-refractivity contribution in [1.29, 1.82) is 0 Å². The zero-order valence-electron chi connectivity index (χ0n) is 9.33. The summed E-state index contributed by atoms with van der Waals surface area (Å²) in [5.74, 6) is 0.356. The van der Waals surface area contributed by atoms with Crippen LogP contribution >= 0.6 is 15.9 Å². The van der Waals surface area contributed by atoms with Crippen LogP contribution in [0.15, 0.2) is 18.5 Å². The van der Waals surface area contributed by atoms with Gasteiger partial charge in [0.15, 0.2) is 0 Å². The molecule has 1 aromatic heterocycles. The average Bonchev–Trinajstić information content (AvgIpc) is 2.59. The largest absolute Gasteiger partial charge is 0.357 e. The summed E-state index contributed by atoms with van der Waals surface area (Å²) in [6.45, 7) is 4.62. The molecule has 0 bridgehead atoms. The number of halogens is 1. The van der Waals surface area contributed by atoms with E-state index in [-0.39, 0.29) is 10.7 Å². The first-order valence-electron chi connectivity index (χ1n) is 5.03. The van der Waals surface area contributed by atoms with Crippen molar-refractivity contribution >= 4 is 21.8 Å². The van der Waals surface area contributed by atoms with Gasteiger partial charge in [0.05, 0.1) is 4.83 Å². The molecule has 0 spiro atoms. The maximum absolute atomic E-state index is 11.6. The highest BCUT2D eigenvalue weighted by molar-refractivity contribution is 9.10. The lowest BCUT2D eigenvalue weighted by Gasteiger charge is -2.13. The number of amides is 1. The molecule has 84 valence electrons. The molecule has 1 aromatic rings. The monoisotopic (exact) mass is 272 g/mol. The fourth-order valence-electron chi connectivity index (χ4n) is 1.25. The van der Waals surface area contributed by atoms with Crippen molar-refractivity contribution in [3.05, 3.63) is 24.0 Å². The van der Waals surface area contributed by atoms with Crippen LogP contribution in [0.25, 0.3) is 0 Å². The third kappa shape index (κ3) is 3.70. The molecule has 0 fully saturated rings. The van der Waals surface area contributed by atoms with E-state index in [0.717, 1.165) is 5.56 Å². The number of aromatic nitrogens is 1. The van der Waals surface area contributed by atoms with Gasteiger partial charge in [-0.25, -0.2) is 0 Å². The standard InChI is InChI=1S/C11H17BrN2O/c1-8(2)10(12)11(15)13-6-9-4-5-14(3)7-9/h4-5,7-8,10H,6H2,1-3H3,(H,13,15). The van der Waals surface area contributed by atoms with Crippen molar-refractivity contribution < 1.29 is 4.79 Å². The van der Waals surface area contributed by atoms with Crippen molar-refractivity contribution in [3.8, 4) is 0 Å². The molecule has 15 heavy (non-hydrogen) atoms. The Bertz CT molecular complexity index is 333. The van der Waals surface area contributed by atoms with Crippen LogP contribution in [0.1, 0.15) is 19.4 Å². The lowest BCUT2D eigenvalue weighted by Crippen LogP contribution is -2.33. The smallest absolute Gasteiger partial charge is 0.234 e. The van der Waals surface area contributed by atoms with Gasteiger partial charge < -0.3 is 9.88 Å². The summed E-state index contributed by atoms with van der Waals surface area (Å²) in [6, 6.07) is 2.00. The van der Waals surface area contributed by atoms with Crippen LogP contribution in [-0.4, -0.2) is 15.3 Å². The molecular weight excluding hydrogens is 256 g/mol. The predicted molar refractivity (Wildman–Crippen MR) is 64.8 cm³/mol. The van der Waals surface area contributed by atoms with Gasteiger partial charge in [-0.1, -0.05) is 29.8 Å². The van der Waals surface area contributed by atoms with Gasteiger partial charge in [-0.3, -0.25) is 4.79 Å². The summed E-state index contributed by atoms with van der Waals surface area (Å²) in [6.07, 6.45) is 3.97. The Labute approximate surface area is 99.0 Å². The van der Waals surface area contributed by atoms with Gasteiger partial charge in [0.2, 0.25) is 5.91 Å². The van der Waals surface area contributed by atoms with Crippen LogP contribution < -0.4 is 5.32 Å². The van der Waals surface area contributed by atoms with E-state index in [0.29, 0.717) is 12.5 Å². The highest BCUT2D eigenvalue weighted by Crippen LogP contribution is 2.12. The highest BCUT2D eigenvalue weighted by atomic mass is 79.9. The topological polar surface area (TPSA) is 34.0 Å². The maximum atomic E-state index is 11.6. The molecule has 0 saturated heterocycles. The lowest BCUT2D eigenvalue weighted by molar-refractivity contribution is -0.121. The van der Waals surface area contributed by atoms with Gasteiger partial charge in [-0.15, -0.1) is 0 Å². The Kier molecular flexibility index (Phi) is 4.39. The van der Waals surface area contributed by atoms with Gasteiger partial charge in [-0.05, 0) is 17.5 Å². The number of aryl methyl sites for hydroxylation is 1. The first-order valence-corrected chi connectivity index (χ1v) is 5.95. The van der Waals surface area contributed by atoms with E-state index in [2.05, 4.69) is 21.2 Å². The molecule has 0 aliphatic carbocycles. The highest BCUT2D eigenvalue weighted by Gasteiger charge is 2.17. The minimum Gasteiger partial charge on any atom is -0.357 e. The Morgan fingerprint density at radius 1 is 1.60 bits per heavy atom. The second-order valence-electron chi connectivity index (χ2n) is 4.05. The van der Waals surface area contributed by atoms with Crippen LogP contribution in [0.3, 0.4) is 0 Å². The first-order chi connectivity index (χ1) is 7.00. The SMILES string of the molecule is CC(C)C(Br)C(=O)NCc1ccn(C)c1. The molecule has 4 heteroatoms. The van der Waals surface area contributed by atoms with E-state index in [4.69, 9.17) is 0 Å². The third-order valence-electron chi connectivity index (χ3n) is 2.20. The molecule has 0 aliphatic heterocycles. The molecule has 0 radical (unpaired) electrons. The molecule has 0 aromatic carbocycles. The van der Waals surface area contributed by atoms with Gasteiger partial charge >= 0.3 is 0 Å². The lowest BCUT2D eigenvalue weighted by atomic mass is 10.1. The summed E-state index contributed by atoms with van der Waals surface area (Å²) in [4.78, 5) is 11.5. The number of rotatable bonds is 4. The molecule has 1 amide bonds. The summed E-state index contributed by atoms with van der Waals surface area (Å²) in [5, 5.41) is 2.89. The zero-order valence-corrected chi connectivity index (χ0v) is 10.9. The zero-order chi connectivity index (χ0) is 11.4. The van der Waals surface area contributed by atoms with E-state index in [1.807, 2.05) is 43.9 Å². The molecule has 1 heterocycles. The van der Waals surface area contributed by atoms with Crippen LogP contribution in [0, 0.1) is 5.92 Å². The van der Waals surface area contributed by atoms with Crippen molar-refractivity contribution in [2.24, 2.45) is 13.0 Å². The van der Waals surface area contributed by atoms with Gasteiger partial charge in [0.25, 0.3) is 0 Å². The summed E-state index contributed by atoms with van der Waals surface area (Å²) < 4.78 is 1.97. The number of carbonyl (C=O) groups is 1. The average molecular weight is 273 g/mol. The summed E-state index contributed by atoms with van der Waals surface area (Å²) in [5.41, 5.74) is 1.12. The fourth-order valence-corrected chi connectivity index (χ4v) is 1.42. The first kappa shape index (κ1) is 12.3. The number of hydrogen-bond acceptors (Lipinski definition) is 1. The molecule has 3 nitrogen and oxygen atoms in total. The molecule has 1 atom stereocenters. The van der Waals surface area contributed by atoms with Crippen LogP contribution in [0.2, 0.25) is 0 Å². The number of hydrogen-bond donors (Lipinski definition) is 1. The third-order valence-corrected chi connectivity index (χ3v) is 3.67. The molecule has 1 N–H and O–H groups in total. The second kappa shape index (κ2) is 5.35. The van der Waals surface area contributed by atoms with Gasteiger partial charge in [0.1, 0.15) is 0 Å². The van der Waals surface area contributed by atoms with Crippen LogP contribution in [-0.2, 0) is 18.4 Å². The van der Waals surface area contributed by atoms with E-state index in [9.17, 15) is 4.79 Å². The Morgan fingerprint density at radius 3 is 2.73 bits per heavy atom. The van der Waals surface area contributed by atoms with Crippen LogP contribution in [0.4, 0.5) is 0 Å². The number of nitrogens with one attached hydrogen (secondary N) is 1. The van der Waals surface area contributed by atoms with E-state index < -0.39 is 0 Å². The van der Waals surface area contributed by atoms with E-state index >= 15 is 0 Å². The molecule has 0 aliphatic rings. The minimum absolute atomic E-state index is 0.0499. The summed E-state index contributed by atoms with van der Waals surface area (Å²) in [7, 11) is 1.97. The molecular formula is C11H17BrN2O. The van der Waals surface area contributed by atoms with Crippen molar-refractivity contribution in [2.75, 3.05) is 0 Å². The Hall–Kier alpha value is -0.770. The number of carbonyl (C=O) groups excluding carboxylic acids is 1. The number of nitrogens with zero attached hydrogens (tertiary/aromatic N) is 1. The number of alkyl halides is 1. The van der Waals surface area contributed by atoms with Crippen molar-refractivity contribution in [2.45, 2.75) is 25.2 Å². The normalized spacial score (nSPS) is 12.9. The van der Waals surface area contributed by atoms with Gasteiger partial charge in [-0.2, -0.15) is 0 Å². The molecule has 1 rings (SSSR count). The van der Waals surface area contributed by atoms with Crippen molar-refractivity contribution in [1.82, 2.24) is 9.88 Å². The Morgan fingerprint density at radius 2 is 2.27 bits per heavy atom. The molecule has 0 saturated carbocycles.